The average molecular weight is 796 g/mol. The van der Waals surface area contributed by atoms with Gasteiger partial charge in [-0.2, -0.15) is 0 Å². The van der Waals surface area contributed by atoms with Crippen LogP contribution in [-0.4, -0.2) is 53.9 Å². The Bertz CT molecular complexity index is 3130. The lowest BCUT2D eigenvalue weighted by atomic mass is 10.00. The number of carbonyl (C=O) groups excluding carboxylic acids is 2. The standard InChI is InChI=1S/C48H45N9O3/c1-25-17-33-21-40-28(4)34(11-15-45(58)55-31-9-7-30(8-10-31)52-44-19-27(3)51-36-13-14-37-48(47(36)44)50-24-49-37)42(56-40)23-43-35(12-16-46(59)60-6)29(5)41(57-43)22-39-26(2)18-32(54-39)20-38(25)53-33/h7-10,13-14,17-24,51-53,56H,11-12,15-16H2,1-6H3,(H,55,58). The van der Waals surface area contributed by atoms with Crippen molar-refractivity contribution < 1.29 is 14.3 Å². The molecule has 5 N–H and O–H groups in total. The van der Waals surface area contributed by atoms with Gasteiger partial charge in [-0.15, -0.1) is 0 Å². The van der Waals surface area contributed by atoms with E-state index in [0.717, 1.165) is 117 Å². The second-order valence-corrected chi connectivity index (χ2v) is 15.6. The molecule has 2 aromatic carbocycles. The number of H-pyrrole nitrogens is 3. The molecule has 12 nitrogen and oxygen atoms in total. The highest BCUT2D eigenvalue weighted by molar-refractivity contribution is 6.10. The summed E-state index contributed by atoms with van der Waals surface area (Å²) >= 11 is 0. The molecule has 0 aliphatic carbocycles. The fourth-order valence-electron chi connectivity index (χ4n) is 8.21. The SMILES string of the molecule is COC(=O)CCC1=C(C)c2cc3nc(cc4[nH]c(cc4C)cc4[nH]c(cc1n2)c(CCC(=O)Nc1ccc(Nc2cc(C)[nH]c5ccc6ncnc6c25)cc1)c4C)C=C3C. The third kappa shape index (κ3) is 7.43. The molecule has 0 unspecified atom stereocenters. The Morgan fingerprint density at radius 3 is 2.35 bits per heavy atom. The van der Waals surface area contributed by atoms with E-state index in [4.69, 9.17) is 14.7 Å². The molecule has 0 saturated heterocycles. The Hall–Kier alpha value is -7.34. The first kappa shape index (κ1) is 38.2. The van der Waals surface area contributed by atoms with E-state index < -0.39 is 0 Å². The largest absolute Gasteiger partial charge is 0.469 e. The number of methoxy groups -OCH3 is 1. The van der Waals surface area contributed by atoms with Crippen molar-refractivity contribution in [3.8, 4) is 0 Å². The van der Waals surface area contributed by atoms with Crippen LogP contribution < -0.4 is 10.6 Å². The number of rotatable bonds is 9. The highest BCUT2D eigenvalue weighted by Gasteiger charge is 2.21. The first-order chi connectivity index (χ1) is 29.0. The Balaban J connectivity index is 1.03. The summed E-state index contributed by atoms with van der Waals surface area (Å²) in [5, 5.41) is 7.61. The van der Waals surface area contributed by atoms with Crippen LogP contribution in [0.1, 0.15) is 78.3 Å². The molecule has 2 aliphatic heterocycles. The zero-order valence-corrected chi connectivity index (χ0v) is 34.4. The van der Waals surface area contributed by atoms with E-state index in [1.807, 2.05) is 62.4 Å². The maximum atomic E-state index is 13.6. The molecule has 0 radical (unpaired) electrons. The fraction of sp³-hybridized carbons (Fsp3) is 0.208. The van der Waals surface area contributed by atoms with Gasteiger partial charge in [-0.05, 0) is 160 Å². The number of amides is 1. The van der Waals surface area contributed by atoms with Gasteiger partial charge in [0, 0.05) is 62.9 Å². The molecule has 0 saturated carbocycles. The number of pyridine rings is 1. The summed E-state index contributed by atoms with van der Waals surface area (Å²) in [5.41, 5.74) is 19.3. The number of carbonyl (C=O) groups is 2. The molecule has 1 amide bonds. The predicted octanol–water partition coefficient (Wildman–Crippen LogP) is 10.4. The topological polar surface area (TPSA) is 166 Å². The number of hydrogen-bond donors (Lipinski definition) is 5. The number of aromatic nitrogens is 7. The van der Waals surface area contributed by atoms with Crippen molar-refractivity contribution in [3.63, 3.8) is 0 Å². The maximum Gasteiger partial charge on any atom is 0.305 e. The van der Waals surface area contributed by atoms with Crippen LogP contribution in [0.4, 0.5) is 17.1 Å². The maximum absolute atomic E-state index is 13.6. The Morgan fingerprint density at radius 2 is 1.53 bits per heavy atom. The normalized spacial score (nSPS) is 12.6. The molecule has 7 heterocycles. The molecule has 8 bridgehead atoms. The quantitative estimate of drug-likeness (QED) is 0.0900. The van der Waals surface area contributed by atoms with Crippen molar-refractivity contribution in [3.05, 3.63) is 124 Å². The first-order valence-electron chi connectivity index (χ1n) is 20.1. The molecule has 2 aliphatic rings. The molecule has 5 aromatic heterocycles. The van der Waals surface area contributed by atoms with Crippen LogP contribution in [0.15, 0.2) is 79.1 Å². The van der Waals surface area contributed by atoms with Gasteiger partial charge >= 0.3 is 5.97 Å². The first-order valence-corrected chi connectivity index (χ1v) is 20.1. The summed E-state index contributed by atoms with van der Waals surface area (Å²) in [6.07, 6.45) is 5.11. The van der Waals surface area contributed by atoms with Crippen LogP contribution in [0.25, 0.3) is 66.8 Å². The molecule has 12 heteroatoms. The predicted molar refractivity (Wildman–Crippen MR) is 241 cm³/mol. The molecule has 60 heavy (non-hydrogen) atoms. The third-order valence-corrected chi connectivity index (χ3v) is 11.4. The van der Waals surface area contributed by atoms with Gasteiger partial charge in [-0.25, -0.2) is 19.9 Å². The van der Waals surface area contributed by atoms with Gasteiger partial charge in [-0.1, -0.05) is 0 Å². The highest BCUT2D eigenvalue weighted by Crippen LogP contribution is 2.36. The molecule has 0 atom stereocenters. The van der Waals surface area contributed by atoms with Crippen molar-refractivity contribution in [1.82, 2.24) is 34.9 Å². The summed E-state index contributed by atoms with van der Waals surface area (Å²) < 4.78 is 5.00. The molecule has 9 rings (SSSR count). The van der Waals surface area contributed by atoms with Gasteiger partial charge in [0.15, 0.2) is 0 Å². The second kappa shape index (κ2) is 15.4. The van der Waals surface area contributed by atoms with E-state index in [1.54, 1.807) is 6.33 Å². The number of nitrogens with zero attached hydrogens (tertiary/aromatic N) is 4. The smallest absolute Gasteiger partial charge is 0.305 e. The van der Waals surface area contributed by atoms with Crippen LogP contribution in [0.2, 0.25) is 0 Å². The van der Waals surface area contributed by atoms with Crippen molar-refractivity contribution in [1.29, 1.82) is 0 Å². The fourth-order valence-corrected chi connectivity index (χ4v) is 8.21. The number of imidazole rings is 1. The van der Waals surface area contributed by atoms with Gasteiger partial charge in [0.25, 0.3) is 0 Å². The minimum absolute atomic E-state index is 0.0987. The molecule has 300 valence electrons. The Kier molecular flexibility index (Phi) is 9.83. The monoisotopic (exact) mass is 795 g/mol. The summed E-state index contributed by atoms with van der Waals surface area (Å²) in [4.78, 5) is 55.5. The minimum Gasteiger partial charge on any atom is -0.469 e. The van der Waals surface area contributed by atoms with Gasteiger partial charge in [0.1, 0.15) is 11.8 Å². The van der Waals surface area contributed by atoms with Crippen molar-refractivity contribution in [2.24, 2.45) is 0 Å². The van der Waals surface area contributed by atoms with Crippen LogP contribution in [-0.2, 0) is 20.7 Å². The number of allylic oxidation sites excluding steroid dienone is 3. The van der Waals surface area contributed by atoms with E-state index in [0.29, 0.717) is 18.5 Å². The van der Waals surface area contributed by atoms with E-state index in [9.17, 15) is 9.59 Å². The van der Waals surface area contributed by atoms with Crippen LogP contribution in [0, 0.1) is 20.8 Å². The Labute approximate surface area is 346 Å². The molecule has 0 spiro atoms. The number of hydrogen-bond acceptors (Lipinski definition) is 8. The number of anilines is 3. The lowest BCUT2D eigenvalue weighted by Crippen LogP contribution is -2.12. The van der Waals surface area contributed by atoms with Crippen LogP contribution >= 0.6 is 0 Å². The number of aromatic amines is 3. The lowest BCUT2D eigenvalue weighted by Gasteiger charge is -2.13. The van der Waals surface area contributed by atoms with Gasteiger partial charge in [0.2, 0.25) is 5.91 Å². The molecule has 0 fully saturated rings. The molecular formula is C48H45N9O3. The number of benzene rings is 2. The van der Waals surface area contributed by atoms with E-state index in [1.165, 1.54) is 7.11 Å². The zero-order valence-electron chi connectivity index (χ0n) is 34.4. The third-order valence-electron chi connectivity index (χ3n) is 11.4. The van der Waals surface area contributed by atoms with Crippen LogP contribution in [0.3, 0.4) is 0 Å². The Morgan fingerprint density at radius 1 is 0.717 bits per heavy atom. The summed E-state index contributed by atoms with van der Waals surface area (Å²) in [7, 11) is 1.41. The number of aryl methyl sites for hydroxylation is 4. The average Bonchev–Trinajstić information content (AvgIpc) is 4.03. The van der Waals surface area contributed by atoms with Gasteiger partial charge in [0.05, 0.1) is 41.1 Å². The van der Waals surface area contributed by atoms with Crippen molar-refractivity contribution in [2.75, 3.05) is 17.7 Å². The summed E-state index contributed by atoms with van der Waals surface area (Å²) in [6, 6.07) is 24.1. The van der Waals surface area contributed by atoms with Gasteiger partial charge < -0.3 is 30.3 Å². The number of nitrogens with one attached hydrogen (secondary N) is 5. The summed E-state index contributed by atoms with van der Waals surface area (Å²) in [5.74, 6) is -0.378. The van der Waals surface area contributed by atoms with E-state index in [-0.39, 0.29) is 24.7 Å². The summed E-state index contributed by atoms with van der Waals surface area (Å²) in [6.45, 7) is 10.3. The molecular weight excluding hydrogens is 751 g/mol. The van der Waals surface area contributed by atoms with Crippen molar-refractivity contribution in [2.45, 2.75) is 60.3 Å². The van der Waals surface area contributed by atoms with E-state index >= 15 is 0 Å². The second-order valence-electron chi connectivity index (χ2n) is 15.6. The number of esters is 1. The minimum atomic E-state index is -0.279. The van der Waals surface area contributed by atoms with Crippen LogP contribution in [0.5, 0.6) is 0 Å². The van der Waals surface area contributed by atoms with E-state index in [2.05, 4.69) is 86.7 Å². The number of ether oxygens (including phenoxy) is 1. The lowest BCUT2D eigenvalue weighted by molar-refractivity contribution is -0.140. The zero-order chi connectivity index (χ0) is 41.7. The van der Waals surface area contributed by atoms with Crippen molar-refractivity contribution >= 4 is 95.7 Å². The van der Waals surface area contributed by atoms with Gasteiger partial charge in [-0.3, -0.25) is 9.59 Å². The number of fused-ring (bicyclic) bond motifs is 11. The highest BCUT2D eigenvalue weighted by atomic mass is 16.5. The molecule has 7 aromatic rings.